The van der Waals surface area contributed by atoms with Crippen molar-refractivity contribution in [2.75, 3.05) is 0 Å². The van der Waals surface area contributed by atoms with Crippen molar-refractivity contribution in [3.05, 3.63) is 63.9 Å². The van der Waals surface area contributed by atoms with Crippen LogP contribution in [0.15, 0.2) is 47.2 Å². The zero-order valence-electron chi connectivity index (χ0n) is 13.7. The number of carbonyl (C=O) groups excluding carboxylic acids is 2. The third kappa shape index (κ3) is 5.16. The highest BCUT2D eigenvalue weighted by atomic mass is 79.9. The predicted molar refractivity (Wildman–Crippen MR) is 96.8 cm³/mol. The van der Waals surface area contributed by atoms with Gasteiger partial charge in [-0.15, -0.1) is 0 Å². The van der Waals surface area contributed by atoms with Crippen LogP contribution in [0.1, 0.15) is 46.5 Å². The van der Waals surface area contributed by atoms with Crippen molar-refractivity contribution in [1.82, 2.24) is 15.6 Å². The fraction of sp³-hybridized carbons (Fsp3) is 0.278. The van der Waals surface area contributed by atoms with E-state index in [1.807, 2.05) is 26.0 Å². The van der Waals surface area contributed by atoms with Crippen LogP contribution in [0.5, 0.6) is 0 Å². The first-order valence-electron chi connectivity index (χ1n) is 7.78. The fourth-order valence-corrected chi connectivity index (χ4v) is 2.42. The topological polar surface area (TPSA) is 71.1 Å². The molecule has 5 nitrogen and oxygen atoms in total. The van der Waals surface area contributed by atoms with Crippen LogP contribution in [0.25, 0.3) is 0 Å². The molecule has 0 aliphatic heterocycles. The van der Waals surface area contributed by atoms with E-state index >= 15 is 0 Å². The Morgan fingerprint density at radius 1 is 1.17 bits per heavy atom. The first-order chi connectivity index (χ1) is 11.5. The summed E-state index contributed by atoms with van der Waals surface area (Å²) in [4.78, 5) is 28.2. The maximum Gasteiger partial charge on any atom is 0.253 e. The molecule has 0 bridgehead atoms. The Morgan fingerprint density at radius 2 is 1.96 bits per heavy atom. The summed E-state index contributed by atoms with van der Waals surface area (Å²) in [7, 11) is 0. The van der Waals surface area contributed by atoms with Crippen molar-refractivity contribution < 1.29 is 9.59 Å². The number of hydrogen-bond acceptors (Lipinski definition) is 3. The van der Waals surface area contributed by atoms with E-state index in [4.69, 9.17) is 0 Å². The largest absolute Gasteiger partial charge is 0.350 e. The Bertz CT molecular complexity index is 734. The average Bonchev–Trinajstić information content (AvgIpc) is 2.59. The second-order valence-corrected chi connectivity index (χ2v) is 6.47. The summed E-state index contributed by atoms with van der Waals surface area (Å²) in [6.07, 6.45) is 4.01. The molecular weight excluding hydrogens is 370 g/mol. The van der Waals surface area contributed by atoms with E-state index in [9.17, 15) is 9.59 Å². The number of hydrogen-bond donors (Lipinski definition) is 2. The van der Waals surface area contributed by atoms with E-state index in [0.717, 1.165) is 16.5 Å². The van der Waals surface area contributed by atoms with E-state index in [-0.39, 0.29) is 17.9 Å². The van der Waals surface area contributed by atoms with Gasteiger partial charge in [0.05, 0.1) is 5.56 Å². The number of nitrogens with zero attached hydrogens (tertiary/aromatic N) is 1. The van der Waals surface area contributed by atoms with Gasteiger partial charge in [-0.1, -0.05) is 19.1 Å². The predicted octanol–water partition coefficient (Wildman–Crippen LogP) is 3.30. The zero-order valence-corrected chi connectivity index (χ0v) is 15.3. The summed E-state index contributed by atoms with van der Waals surface area (Å²) in [6.45, 7) is 4.33. The summed E-state index contributed by atoms with van der Waals surface area (Å²) in [5.41, 5.74) is 1.93. The Balaban J connectivity index is 1.99. The van der Waals surface area contributed by atoms with Gasteiger partial charge < -0.3 is 10.6 Å². The average molecular weight is 390 g/mol. The molecule has 0 aliphatic rings. The van der Waals surface area contributed by atoms with Gasteiger partial charge in [-0.3, -0.25) is 14.6 Å². The monoisotopic (exact) mass is 389 g/mol. The molecule has 6 heteroatoms. The lowest BCUT2D eigenvalue weighted by molar-refractivity contribution is 0.0936. The Kier molecular flexibility index (Phi) is 6.49. The number of nitrogens with one attached hydrogen (secondary N) is 2. The Morgan fingerprint density at radius 3 is 2.67 bits per heavy atom. The standard InChI is InChI=1S/C18H20BrN3O2/c1-3-12(2)22-18(24)14-6-4-5-13(7-14)9-21-17(23)15-8-16(19)11-20-10-15/h4-8,10-12H,3,9H2,1-2H3,(H,21,23)(H,22,24). The normalized spacial score (nSPS) is 11.6. The Labute approximate surface area is 150 Å². The molecule has 1 unspecified atom stereocenters. The molecule has 2 amide bonds. The molecule has 0 fully saturated rings. The summed E-state index contributed by atoms with van der Waals surface area (Å²) < 4.78 is 0.749. The van der Waals surface area contributed by atoms with Crippen LogP contribution >= 0.6 is 15.9 Å². The molecule has 1 atom stereocenters. The van der Waals surface area contributed by atoms with Crippen molar-refractivity contribution in [2.24, 2.45) is 0 Å². The Hall–Kier alpha value is -2.21. The molecule has 0 radical (unpaired) electrons. The van der Waals surface area contributed by atoms with Crippen LogP contribution in [0.4, 0.5) is 0 Å². The molecule has 0 spiro atoms. The molecule has 1 heterocycles. The van der Waals surface area contributed by atoms with Crippen LogP contribution in [0.2, 0.25) is 0 Å². The minimum atomic E-state index is -0.210. The number of benzene rings is 1. The number of carbonyl (C=O) groups is 2. The molecule has 126 valence electrons. The maximum atomic E-state index is 12.2. The van der Waals surface area contributed by atoms with E-state index in [1.54, 1.807) is 24.4 Å². The highest BCUT2D eigenvalue weighted by molar-refractivity contribution is 9.10. The van der Waals surface area contributed by atoms with Gasteiger partial charge >= 0.3 is 0 Å². The van der Waals surface area contributed by atoms with Gasteiger partial charge in [0.2, 0.25) is 0 Å². The molecule has 2 N–H and O–H groups in total. The van der Waals surface area contributed by atoms with E-state index in [0.29, 0.717) is 17.7 Å². The number of aromatic nitrogens is 1. The lowest BCUT2D eigenvalue weighted by Gasteiger charge is -2.12. The van der Waals surface area contributed by atoms with Crippen molar-refractivity contribution in [3.63, 3.8) is 0 Å². The van der Waals surface area contributed by atoms with Gasteiger partial charge in [-0.05, 0) is 53.0 Å². The van der Waals surface area contributed by atoms with Gasteiger partial charge in [0, 0.05) is 35.0 Å². The lowest BCUT2D eigenvalue weighted by Crippen LogP contribution is -2.32. The van der Waals surface area contributed by atoms with Crippen LogP contribution in [0.3, 0.4) is 0 Å². The number of amides is 2. The highest BCUT2D eigenvalue weighted by Crippen LogP contribution is 2.10. The van der Waals surface area contributed by atoms with Crippen molar-refractivity contribution in [1.29, 1.82) is 0 Å². The quantitative estimate of drug-likeness (QED) is 0.795. The molecule has 1 aromatic carbocycles. The molecular formula is C18H20BrN3O2. The number of pyridine rings is 1. The molecule has 0 aliphatic carbocycles. The van der Waals surface area contributed by atoms with Crippen LogP contribution in [-0.4, -0.2) is 22.8 Å². The SMILES string of the molecule is CCC(C)NC(=O)c1cccc(CNC(=O)c2cncc(Br)c2)c1. The molecule has 2 aromatic rings. The van der Waals surface area contributed by atoms with Gasteiger partial charge in [0.1, 0.15) is 0 Å². The summed E-state index contributed by atoms with van der Waals surface area (Å²) in [5, 5.41) is 5.76. The van der Waals surface area contributed by atoms with Gasteiger partial charge in [-0.2, -0.15) is 0 Å². The van der Waals surface area contributed by atoms with E-state index in [1.165, 1.54) is 6.20 Å². The van der Waals surface area contributed by atoms with Crippen LogP contribution in [0, 0.1) is 0 Å². The van der Waals surface area contributed by atoms with Gasteiger partial charge in [-0.25, -0.2) is 0 Å². The molecule has 24 heavy (non-hydrogen) atoms. The second-order valence-electron chi connectivity index (χ2n) is 5.56. The van der Waals surface area contributed by atoms with E-state index < -0.39 is 0 Å². The minimum absolute atomic E-state index is 0.103. The van der Waals surface area contributed by atoms with E-state index in [2.05, 4.69) is 31.5 Å². The summed E-state index contributed by atoms with van der Waals surface area (Å²) >= 11 is 3.29. The second kappa shape index (κ2) is 8.59. The maximum absolute atomic E-state index is 12.2. The summed E-state index contributed by atoms with van der Waals surface area (Å²) in [5.74, 6) is -0.313. The third-order valence-corrected chi connectivity index (χ3v) is 4.03. The van der Waals surface area contributed by atoms with Crippen LogP contribution < -0.4 is 10.6 Å². The number of halogens is 1. The summed E-state index contributed by atoms with van der Waals surface area (Å²) in [6, 6.07) is 9.08. The zero-order chi connectivity index (χ0) is 17.5. The first kappa shape index (κ1) is 18.1. The van der Waals surface area contributed by atoms with Crippen molar-refractivity contribution in [2.45, 2.75) is 32.9 Å². The molecule has 0 saturated carbocycles. The molecule has 2 rings (SSSR count). The van der Waals surface area contributed by atoms with Gasteiger partial charge in [0.15, 0.2) is 0 Å². The van der Waals surface area contributed by atoms with Gasteiger partial charge in [0.25, 0.3) is 11.8 Å². The van der Waals surface area contributed by atoms with Crippen molar-refractivity contribution >= 4 is 27.7 Å². The van der Waals surface area contributed by atoms with Crippen molar-refractivity contribution in [3.8, 4) is 0 Å². The lowest BCUT2D eigenvalue weighted by atomic mass is 10.1. The number of rotatable bonds is 6. The third-order valence-electron chi connectivity index (χ3n) is 3.60. The molecule has 1 aromatic heterocycles. The van der Waals surface area contributed by atoms with Crippen LogP contribution in [-0.2, 0) is 6.54 Å². The smallest absolute Gasteiger partial charge is 0.253 e. The first-order valence-corrected chi connectivity index (χ1v) is 8.57. The minimum Gasteiger partial charge on any atom is -0.350 e. The highest BCUT2D eigenvalue weighted by Gasteiger charge is 2.10. The fourth-order valence-electron chi connectivity index (χ4n) is 2.05. The molecule has 0 saturated heterocycles.